The molecule has 0 aliphatic heterocycles. The summed E-state index contributed by atoms with van der Waals surface area (Å²) in [6, 6.07) is 8.45. The average Bonchev–Trinajstić information content (AvgIpc) is 2.72. The van der Waals surface area contributed by atoms with E-state index >= 15 is 0 Å². The summed E-state index contributed by atoms with van der Waals surface area (Å²) in [5.74, 6) is -1.36. The quantitative estimate of drug-likeness (QED) is 0.333. The second kappa shape index (κ2) is 10.3. The first-order valence-electron chi connectivity index (χ1n) is 8.85. The summed E-state index contributed by atoms with van der Waals surface area (Å²) in [5, 5.41) is 39.0. The zero-order chi connectivity index (χ0) is 23.8. The highest BCUT2D eigenvalue weighted by molar-refractivity contribution is 6.06. The maximum Gasteiger partial charge on any atom is 0.292 e. The molecule has 2 rings (SSSR count). The number of amides is 2. The summed E-state index contributed by atoms with van der Waals surface area (Å²) >= 11 is 0. The summed E-state index contributed by atoms with van der Waals surface area (Å²) < 4.78 is 0. The smallest absolute Gasteiger partial charge is 0.292 e. The lowest BCUT2D eigenvalue weighted by atomic mass is 10.1. The summed E-state index contributed by atoms with van der Waals surface area (Å²) in [7, 11) is 0. The highest BCUT2D eigenvalue weighted by Crippen LogP contribution is 2.25. The molecule has 0 unspecified atom stereocenters. The predicted molar refractivity (Wildman–Crippen MR) is 111 cm³/mol. The van der Waals surface area contributed by atoms with Gasteiger partial charge in [0, 0.05) is 23.4 Å². The number of anilines is 1. The number of para-hydroxylation sites is 2. The summed E-state index contributed by atoms with van der Waals surface area (Å²) in [6.45, 7) is 1.42. The second-order valence-corrected chi connectivity index (χ2v) is 6.39. The second-order valence-electron chi connectivity index (χ2n) is 6.39. The van der Waals surface area contributed by atoms with E-state index in [1.165, 1.54) is 31.2 Å². The standard InChI is InChI=1S/C18H16N6O8/c1-11(8-17(25)19-14-4-2-3-5-15(14)23(29)30)20-21-18(26)9-12-6-7-13(22(27)28)10-16(12)24(31)32/h2-7,10H,8-9H2,1H3,(H,19,25)(H,21,26)/b20-11+. The summed E-state index contributed by atoms with van der Waals surface area (Å²) in [6.07, 6.45) is -0.766. The lowest BCUT2D eigenvalue weighted by Gasteiger charge is -2.06. The van der Waals surface area contributed by atoms with Crippen LogP contribution >= 0.6 is 0 Å². The van der Waals surface area contributed by atoms with Gasteiger partial charge in [-0.3, -0.25) is 39.9 Å². The van der Waals surface area contributed by atoms with Crippen molar-refractivity contribution < 1.29 is 24.4 Å². The number of carbonyl (C=O) groups excluding carboxylic acids is 2. The minimum Gasteiger partial charge on any atom is -0.320 e. The Kier molecular flexibility index (Phi) is 7.60. The largest absolute Gasteiger partial charge is 0.320 e. The number of hydrogen-bond donors (Lipinski definition) is 2. The van der Waals surface area contributed by atoms with E-state index in [1.54, 1.807) is 0 Å². The topological polar surface area (TPSA) is 200 Å². The zero-order valence-corrected chi connectivity index (χ0v) is 16.5. The Labute approximate surface area is 179 Å². The number of nitro benzene ring substituents is 3. The molecular formula is C18H16N6O8. The number of carbonyl (C=O) groups is 2. The van der Waals surface area contributed by atoms with Gasteiger partial charge >= 0.3 is 0 Å². The molecule has 0 fully saturated rings. The van der Waals surface area contributed by atoms with Gasteiger partial charge in [-0.2, -0.15) is 5.10 Å². The molecule has 0 spiro atoms. The van der Waals surface area contributed by atoms with Crippen LogP contribution < -0.4 is 10.7 Å². The van der Waals surface area contributed by atoms with E-state index in [4.69, 9.17) is 0 Å². The van der Waals surface area contributed by atoms with Crippen LogP contribution in [-0.4, -0.2) is 32.3 Å². The number of nitro groups is 3. The van der Waals surface area contributed by atoms with Crippen molar-refractivity contribution in [2.75, 3.05) is 5.32 Å². The number of rotatable bonds is 9. The summed E-state index contributed by atoms with van der Waals surface area (Å²) in [4.78, 5) is 54.7. The Morgan fingerprint density at radius 3 is 2.19 bits per heavy atom. The lowest BCUT2D eigenvalue weighted by molar-refractivity contribution is -0.394. The molecule has 0 radical (unpaired) electrons. The molecule has 2 amide bonds. The number of hydrazone groups is 1. The molecular weight excluding hydrogens is 428 g/mol. The van der Waals surface area contributed by atoms with Crippen LogP contribution in [0, 0.1) is 30.3 Å². The normalized spacial score (nSPS) is 10.8. The number of benzene rings is 2. The first-order valence-corrected chi connectivity index (χ1v) is 8.85. The highest BCUT2D eigenvalue weighted by atomic mass is 16.6. The molecule has 0 aromatic heterocycles. The molecule has 14 nitrogen and oxygen atoms in total. The third kappa shape index (κ3) is 6.38. The molecule has 0 saturated carbocycles. The van der Waals surface area contributed by atoms with Crippen LogP contribution in [0.5, 0.6) is 0 Å². The maximum atomic E-state index is 12.1. The molecule has 14 heteroatoms. The fourth-order valence-electron chi connectivity index (χ4n) is 2.56. The lowest BCUT2D eigenvalue weighted by Crippen LogP contribution is -2.23. The molecule has 2 N–H and O–H groups in total. The fourth-order valence-corrected chi connectivity index (χ4v) is 2.56. The van der Waals surface area contributed by atoms with Crippen molar-refractivity contribution in [3.8, 4) is 0 Å². The van der Waals surface area contributed by atoms with E-state index < -0.39 is 44.4 Å². The van der Waals surface area contributed by atoms with Gasteiger partial charge in [0.2, 0.25) is 11.8 Å². The molecule has 0 bridgehead atoms. The van der Waals surface area contributed by atoms with Gasteiger partial charge in [-0.25, -0.2) is 5.43 Å². The van der Waals surface area contributed by atoms with Crippen LogP contribution in [0.2, 0.25) is 0 Å². The van der Waals surface area contributed by atoms with Crippen molar-refractivity contribution in [1.29, 1.82) is 0 Å². The van der Waals surface area contributed by atoms with Crippen LogP contribution in [0.1, 0.15) is 18.9 Å². The Bertz CT molecular complexity index is 1130. The van der Waals surface area contributed by atoms with Crippen LogP contribution in [0.4, 0.5) is 22.7 Å². The number of non-ortho nitro benzene ring substituents is 1. The summed E-state index contributed by atoms with van der Waals surface area (Å²) in [5.41, 5.74) is 0.892. The van der Waals surface area contributed by atoms with Gasteiger partial charge in [0.05, 0.1) is 33.7 Å². The molecule has 0 saturated heterocycles. The Balaban J connectivity index is 1.99. The van der Waals surface area contributed by atoms with Crippen LogP contribution in [0.15, 0.2) is 47.6 Å². The van der Waals surface area contributed by atoms with Crippen molar-refractivity contribution in [3.63, 3.8) is 0 Å². The van der Waals surface area contributed by atoms with E-state index in [9.17, 15) is 39.9 Å². The average molecular weight is 444 g/mol. The van der Waals surface area contributed by atoms with Crippen LogP contribution in [-0.2, 0) is 16.0 Å². The van der Waals surface area contributed by atoms with Crippen LogP contribution in [0.25, 0.3) is 0 Å². The van der Waals surface area contributed by atoms with E-state index in [0.717, 1.165) is 18.2 Å². The number of nitrogens with one attached hydrogen (secondary N) is 2. The third-order valence-corrected chi connectivity index (χ3v) is 3.99. The van der Waals surface area contributed by atoms with E-state index in [0.29, 0.717) is 0 Å². The van der Waals surface area contributed by atoms with Gasteiger partial charge in [0.1, 0.15) is 5.69 Å². The first kappa shape index (κ1) is 23.5. The molecule has 32 heavy (non-hydrogen) atoms. The van der Waals surface area contributed by atoms with E-state index in [1.807, 2.05) is 0 Å². The van der Waals surface area contributed by atoms with Gasteiger partial charge in [-0.15, -0.1) is 0 Å². The Hall–Kier alpha value is -4.75. The third-order valence-electron chi connectivity index (χ3n) is 3.99. The zero-order valence-electron chi connectivity index (χ0n) is 16.5. The monoisotopic (exact) mass is 444 g/mol. The number of nitrogens with zero attached hydrogens (tertiary/aromatic N) is 4. The molecule has 0 aliphatic carbocycles. The first-order chi connectivity index (χ1) is 15.1. The SMILES string of the molecule is C/C(CC(=O)Nc1ccccc1[N+](=O)[O-])=N\NC(=O)Cc1ccc([N+](=O)[O-])cc1[N+](=O)[O-]. The van der Waals surface area contributed by atoms with Crippen LogP contribution in [0.3, 0.4) is 0 Å². The van der Waals surface area contributed by atoms with E-state index in [-0.39, 0.29) is 29.1 Å². The van der Waals surface area contributed by atoms with Gasteiger partial charge in [-0.1, -0.05) is 12.1 Å². The minimum atomic E-state index is -0.836. The highest BCUT2D eigenvalue weighted by Gasteiger charge is 2.21. The predicted octanol–water partition coefficient (Wildman–Crippen LogP) is 2.47. The minimum absolute atomic E-state index is 0.00446. The van der Waals surface area contributed by atoms with E-state index in [2.05, 4.69) is 15.8 Å². The Morgan fingerprint density at radius 2 is 1.56 bits per heavy atom. The van der Waals surface area contributed by atoms with Crippen molar-refractivity contribution in [2.45, 2.75) is 19.8 Å². The van der Waals surface area contributed by atoms with Crippen molar-refractivity contribution in [1.82, 2.24) is 5.43 Å². The van der Waals surface area contributed by atoms with Crippen molar-refractivity contribution in [3.05, 3.63) is 78.4 Å². The van der Waals surface area contributed by atoms with Gasteiger partial charge in [-0.05, 0) is 19.1 Å². The molecule has 2 aromatic carbocycles. The molecule has 0 aliphatic rings. The molecule has 2 aromatic rings. The van der Waals surface area contributed by atoms with Gasteiger partial charge in [0.15, 0.2) is 0 Å². The van der Waals surface area contributed by atoms with Gasteiger partial charge in [0.25, 0.3) is 17.1 Å². The maximum absolute atomic E-state index is 12.1. The Morgan fingerprint density at radius 1 is 0.906 bits per heavy atom. The molecule has 0 heterocycles. The van der Waals surface area contributed by atoms with Gasteiger partial charge < -0.3 is 5.32 Å². The molecule has 0 atom stereocenters. The molecule has 166 valence electrons. The van der Waals surface area contributed by atoms with Crippen molar-refractivity contribution >= 4 is 40.3 Å². The van der Waals surface area contributed by atoms with Crippen molar-refractivity contribution in [2.24, 2.45) is 5.10 Å². The fraction of sp³-hybridized carbons (Fsp3) is 0.167. The number of hydrogen-bond acceptors (Lipinski definition) is 9.